The summed E-state index contributed by atoms with van der Waals surface area (Å²) in [4.78, 5) is 19.1. The zero-order valence-electron chi connectivity index (χ0n) is 16.7. The zero-order chi connectivity index (χ0) is 21.1. The molecule has 2 heterocycles. The predicted octanol–water partition coefficient (Wildman–Crippen LogP) is 4.17. The molecule has 154 valence electrons. The zero-order valence-corrected chi connectivity index (χ0v) is 17.5. The molecule has 0 bridgehead atoms. The van der Waals surface area contributed by atoms with Crippen LogP contribution in [-0.4, -0.2) is 30.8 Å². The number of sulfonamides is 1. The molecule has 1 unspecified atom stereocenters. The van der Waals surface area contributed by atoms with E-state index >= 15 is 0 Å². The van der Waals surface area contributed by atoms with Crippen molar-refractivity contribution in [1.29, 1.82) is 0 Å². The first-order chi connectivity index (χ1) is 14.4. The molecule has 0 saturated carbocycles. The summed E-state index contributed by atoms with van der Waals surface area (Å²) >= 11 is 0. The highest BCUT2D eigenvalue weighted by Gasteiger charge is 2.30. The number of aryl methyl sites for hydroxylation is 1. The minimum absolute atomic E-state index is 0.0205. The first-order valence-electron chi connectivity index (χ1n) is 9.84. The minimum atomic E-state index is -3.72. The van der Waals surface area contributed by atoms with Crippen LogP contribution in [-0.2, 0) is 10.0 Å². The van der Waals surface area contributed by atoms with E-state index in [1.165, 1.54) is 12.1 Å². The van der Waals surface area contributed by atoms with Gasteiger partial charge in [-0.15, -0.1) is 0 Å². The van der Waals surface area contributed by atoms with Gasteiger partial charge in [-0.05, 0) is 73.9 Å². The molecule has 4 rings (SSSR count). The molecule has 6 nitrogen and oxygen atoms in total. The number of nitrogens with zero attached hydrogens (tertiary/aromatic N) is 2. The lowest BCUT2D eigenvalue weighted by molar-refractivity contribution is 0.0735. The highest BCUT2D eigenvalue weighted by molar-refractivity contribution is 7.92. The summed E-state index contributed by atoms with van der Waals surface area (Å²) < 4.78 is 27.9. The number of nitrogens with one attached hydrogen (secondary N) is 1. The molecule has 0 spiro atoms. The molecular weight excluding hydrogens is 398 g/mol. The van der Waals surface area contributed by atoms with Gasteiger partial charge in [0.1, 0.15) is 0 Å². The third-order valence-corrected chi connectivity index (χ3v) is 6.72. The van der Waals surface area contributed by atoms with Gasteiger partial charge in [0.15, 0.2) is 0 Å². The molecule has 3 aromatic rings. The summed E-state index contributed by atoms with van der Waals surface area (Å²) in [6.45, 7) is 2.62. The predicted molar refractivity (Wildman–Crippen MR) is 116 cm³/mol. The maximum Gasteiger partial charge on any atom is 0.261 e. The van der Waals surface area contributed by atoms with E-state index in [1.54, 1.807) is 36.7 Å². The first-order valence-corrected chi connectivity index (χ1v) is 11.3. The lowest BCUT2D eigenvalue weighted by Crippen LogP contribution is -2.30. The molecule has 30 heavy (non-hydrogen) atoms. The number of hydrogen-bond donors (Lipinski definition) is 1. The Kier molecular flexibility index (Phi) is 5.55. The average Bonchev–Trinajstić information content (AvgIpc) is 3.25. The van der Waals surface area contributed by atoms with Crippen LogP contribution in [0.3, 0.4) is 0 Å². The standard InChI is InChI=1S/C23H23N3O3S/c1-17-4-8-20(9-5-17)25-30(28,29)21-10-6-19(7-11-21)23(27)26-16-2-3-22(26)18-12-14-24-15-13-18/h4-15,22,25H,2-3,16H2,1H3. The van der Waals surface area contributed by atoms with Crippen molar-refractivity contribution in [2.24, 2.45) is 0 Å². The minimum Gasteiger partial charge on any atom is -0.332 e. The fourth-order valence-electron chi connectivity index (χ4n) is 3.72. The number of anilines is 1. The molecule has 1 saturated heterocycles. The van der Waals surface area contributed by atoms with Crippen molar-refractivity contribution in [3.63, 3.8) is 0 Å². The van der Waals surface area contributed by atoms with Crippen molar-refractivity contribution in [2.75, 3.05) is 11.3 Å². The van der Waals surface area contributed by atoms with Gasteiger partial charge in [0.05, 0.1) is 10.9 Å². The van der Waals surface area contributed by atoms with Gasteiger partial charge in [0.2, 0.25) is 0 Å². The number of benzene rings is 2. The van der Waals surface area contributed by atoms with Gasteiger partial charge in [-0.1, -0.05) is 17.7 Å². The van der Waals surface area contributed by atoms with E-state index in [0.29, 0.717) is 17.8 Å². The van der Waals surface area contributed by atoms with Gasteiger partial charge in [0.25, 0.3) is 15.9 Å². The highest BCUT2D eigenvalue weighted by Crippen LogP contribution is 2.33. The molecule has 1 aliphatic rings. The molecule has 1 fully saturated rings. The Morgan fingerprint density at radius 2 is 1.67 bits per heavy atom. The van der Waals surface area contributed by atoms with Crippen molar-refractivity contribution in [3.05, 3.63) is 89.7 Å². The van der Waals surface area contributed by atoms with E-state index in [9.17, 15) is 13.2 Å². The van der Waals surface area contributed by atoms with Gasteiger partial charge in [-0.3, -0.25) is 14.5 Å². The maximum atomic E-state index is 13.1. The van der Waals surface area contributed by atoms with Crippen LogP contribution in [0.15, 0.2) is 78.0 Å². The molecule has 0 radical (unpaired) electrons. The van der Waals surface area contributed by atoms with Crippen LogP contribution in [0.1, 0.15) is 40.4 Å². The SMILES string of the molecule is Cc1ccc(NS(=O)(=O)c2ccc(C(=O)N3CCCC3c3ccncc3)cc2)cc1. The quantitative estimate of drug-likeness (QED) is 0.671. The lowest BCUT2D eigenvalue weighted by Gasteiger charge is -2.25. The summed E-state index contributed by atoms with van der Waals surface area (Å²) in [6.07, 6.45) is 5.31. The summed E-state index contributed by atoms with van der Waals surface area (Å²) in [5.41, 5.74) is 3.09. The fourth-order valence-corrected chi connectivity index (χ4v) is 4.78. The van der Waals surface area contributed by atoms with E-state index in [4.69, 9.17) is 0 Å². The molecule has 1 amide bonds. The van der Waals surface area contributed by atoms with Crippen LogP contribution in [0, 0.1) is 6.92 Å². The van der Waals surface area contributed by atoms with Crippen LogP contribution in [0.25, 0.3) is 0 Å². The van der Waals surface area contributed by atoms with E-state index in [1.807, 2.05) is 36.1 Å². The Balaban J connectivity index is 1.51. The Labute approximate surface area is 176 Å². The second-order valence-electron chi connectivity index (χ2n) is 7.43. The molecule has 7 heteroatoms. The summed E-state index contributed by atoms with van der Waals surface area (Å²) in [7, 11) is -3.72. The van der Waals surface area contributed by atoms with Crippen molar-refractivity contribution >= 4 is 21.6 Å². The number of pyridine rings is 1. The van der Waals surface area contributed by atoms with Crippen molar-refractivity contribution in [2.45, 2.75) is 30.7 Å². The monoisotopic (exact) mass is 421 g/mol. The number of hydrogen-bond acceptors (Lipinski definition) is 4. The van der Waals surface area contributed by atoms with Gasteiger partial charge in [0, 0.05) is 30.2 Å². The molecule has 1 aromatic heterocycles. The second kappa shape index (κ2) is 8.28. The van der Waals surface area contributed by atoms with Crippen LogP contribution >= 0.6 is 0 Å². The topological polar surface area (TPSA) is 79.4 Å². The van der Waals surface area contributed by atoms with Gasteiger partial charge in [-0.2, -0.15) is 0 Å². The van der Waals surface area contributed by atoms with Crippen molar-refractivity contribution in [1.82, 2.24) is 9.88 Å². The van der Waals surface area contributed by atoms with E-state index in [2.05, 4.69) is 9.71 Å². The number of carbonyl (C=O) groups is 1. The summed E-state index contributed by atoms with van der Waals surface area (Å²) in [5, 5.41) is 0. The number of rotatable bonds is 5. The third kappa shape index (κ3) is 4.21. The van der Waals surface area contributed by atoms with E-state index in [-0.39, 0.29) is 16.8 Å². The number of carbonyl (C=O) groups excluding carboxylic acids is 1. The largest absolute Gasteiger partial charge is 0.332 e. The molecule has 0 aliphatic carbocycles. The van der Waals surface area contributed by atoms with E-state index < -0.39 is 10.0 Å². The molecule has 1 atom stereocenters. The maximum absolute atomic E-state index is 13.1. The lowest BCUT2D eigenvalue weighted by atomic mass is 10.1. The van der Waals surface area contributed by atoms with Crippen LogP contribution < -0.4 is 4.72 Å². The molecular formula is C23H23N3O3S. The van der Waals surface area contributed by atoms with E-state index in [0.717, 1.165) is 24.0 Å². The number of aromatic nitrogens is 1. The third-order valence-electron chi connectivity index (χ3n) is 5.32. The van der Waals surface area contributed by atoms with Crippen LogP contribution in [0.5, 0.6) is 0 Å². The highest BCUT2D eigenvalue weighted by atomic mass is 32.2. The summed E-state index contributed by atoms with van der Waals surface area (Å²) in [6, 6.07) is 17.1. The number of likely N-dealkylation sites (tertiary alicyclic amines) is 1. The van der Waals surface area contributed by atoms with Gasteiger partial charge >= 0.3 is 0 Å². The Bertz CT molecular complexity index is 1130. The van der Waals surface area contributed by atoms with Gasteiger partial charge < -0.3 is 4.90 Å². The first kappa shape index (κ1) is 20.1. The second-order valence-corrected chi connectivity index (χ2v) is 9.12. The molecule has 2 aromatic carbocycles. The van der Waals surface area contributed by atoms with Crippen LogP contribution in [0.2, 0.25) is 0 Å². The fraction of sp³-hybridized carbons (Fsp3) is 0.217. The normalized spacial score (nSPS) is 16.4. The van der Waals surface area contributed by atoms with Gasteiger partial charge in [-0.25, -0.2) is 8.42 Å². The molecule has 1 aliphatic heterocycles. The van der Waals surface area contributed by atoms with Crippen LogP contribution in [0.4, 0.5) is 5.69 Å². The average molecular weight is 422 g/mol. The number of amides is 1. The Morgan fingerprint density at radius 3 is 2.33 bits per heavy atom. The van der Waals surface area contributed by atoms with Crippen molar-refractivity contribution < 1.29 is 13.2 Å². The Hall–Kier alpha value is -3.19. The smallest absolute Gasteiger partial charge is 0.261 e. The van der Waals surface area contributed by atoms with Crippen molar-refractivity contribution in [3.8, 4) is 0 Å². The summed E-state index contributed by atoms with van der Waals surface area (Å²) in [5.74, 6) is -0.0928. The Morgan fingerprint density at radius 1 is 1.00 bits per heavy atom. The molecule has 1 N–H and O–H groups in total.